The van der Waals surface area contributed by atoms with Crippen LogP contribution in [0.2, 0.25) is 0 Å². The monoisotopic (exact) mass is 427 g/mol. The van der Waals surface area contributed by atoms with Crippen LogP contribution >= 0.6 is 0 Å². The number of ketones is 1. The molecular formula is C24H21N5O3. The van der Waals surface area contributed by atoms with E-state index in [0.717, 1.165) is 5.69 Å². The summed E-state index contributed by atoms with van der Waals surface area (Å²) in [5, 5.41) is 11.5. The maximum absolute atomic E-state index is 12.8. The van der Waals surface area contributed by atoms with E-state index in [0.29, 0.717) is 16.9 Å². The predicted octanol–water partition coefficient (Wildman–Crippen LogP) is 3.50. The molecule has 0 radical (unpaired) electrons. The van der Waals surface area contributed by atoms with Crippen molar-refractivity contribution in [3.63, 3.8) is 0 Å². The number of para-hydroxylation sites is 1. The molecule has 1 atom stereocenters. The molecule has 4 rings (SSSR count). The quantitative estimate of drug-likeness (QED) is 0.627. The van der Waals surface area contributed by atoms with Gasteiger partial charge in [0.1, 0.15) is 11.8 Å². The highest BCUT2D eigenvalue weighted by Gasteiger charge is 2.34. The molecule has 0 saturated carbocycles. The van der Waals surface area contributed by atoms with Crippen LogP contribution in [0.3, 0.4) is 0 Å². The van der Waals surface area contributed by atoms with E-state index in [1.807, 2.05) is 30.3 Å². The third-order valence-corrected chi connectivity index (χ3v) is 4.98. The van der Waals surface area contributed by atoms with Gasteiger partial charge in [-0.05, 0) is 49.4 Å². The number of carbonyl (C=O) groups is 3. The first-order chi connectivity index (χ1) is 15.5. The van der Waals surface area contributed by atoms with Gasteiger partial charge in [0.2, 0.25) is 0 Å². The number of pyridine rings is 1. The number of benzene rings is 2. The van der Waals surface area contributed by atoms with E-state index < -0.39 is 11.9 Å². The molecule has 2 N–H and O–H groups in total. The summed E-state index contributed by atoms with van der Waals surface area (Å²) in [5.41, 5.74) is 2.46. The second kappa shape index (κ2) is 9.22. The summed E-state index contributed by atoms with van der Waals surface area (Å²) in [5.74, 6) is -0.797. The maximum atomic E-state index is 12.8. The van der Waals surface area contributed by atoms with Gasteiger partial charge in [-0.15, -0.1) is 0 Å². The number of amides is 2. The van der Waals surface area contributed by atoms with Gasteiger partial charge in [-0.3, -0.25) is 24.4 Å². The van der Waals surface area contributed by atoms with E-state index in [4.69, 9.17) is 0 Å². The molecule has 0 spiro atoms. The fraction of sp³-hybridized carbons (Fsp3) is 0.125. The number of nitrogens with zero attached hydrogens (tertiary/aromatic N) is 3. The van der Waals surface area contributed by atoms with E-state index in [9.17, 15) is 14.4 Å². The molecule has 160 valence electrons. The fourth-order valence-electron chi connectivity index (χ4n) is 3.36. The van der Waals surface area contributed by atoms with Gasteiger partial charge in [-0.2, -0.15) is 5.10 Å². The number of hydrazone groups is 1. The third-order valence-electron chi connectivity index (χ3n) is 4.98. The SMILES string of the molecule is CC(=O)C1CC(C(=O)Nc2cccc(C(=O)Nc3ccncc3)c2)=NN1c1ccccc1. The summed E-state index contributed by atoms with van der Waals surface area (Å²) in [7, 11) is 0. The Morgan fingerprint density at radius 1 is 0.875 bits per heavy atom. The number of nitrogens with one attached hydrogen (secondary N) is 2. The van der Waals surface area contributed by atoms with Crippen LogP contribution in [0, 0.1) is 0 Å². The van der Waals surface area contributed by atoms with Crippen LogP contribution in [0.25, 0.3) is 0 Å². The number of hydrogen-bond donors (Lipinski definition) is 2. The molecule has 0 aliphatic carbocycles. The molecule has 8 heteroatoms. The lowest BCUT2D eigenvalue weighted by Crippen LogP contribution is -2.33. The molecule has 2 aromatic carbocycles. The van der Waals surface area contributed by atoms with Crippen LogP contribution in [0.15, 0.2) is 84.2 Å². The molecule has 2 heterocycles. The molecular weight excluding hydrogens is 406 g/mol. The van der Waals surface area contributed by atoms with E-state index in [1.54, 1.807) is 53.8 Å². The summed E-state index contributed by atoms with van der Waals surface area (Å²) < 4.78 is 0. The third kappa shape index (κ3) is 4.70. The van der Waals surface area contributed by atoms with Gasteiger partial charge in [0.05, 0.1) is 5.69 Å². The van der Waals surface area contributed by atoms with Gasteiger partial charge in [0, 0.05) is 35.8 Å². The number of carbonyl (C=O) groups excluding carboxylic acids is 3. The highest BCUT2D eigenvalue weighted by molar-refractivity contribution is 6.44. The van der Waals surface area contributed by atoms with E-state index >= 15 is 0 Å². The molecule has 3 aromatic rings. The Bertz CT molecular complexity index is 1180. The normalized spacial score (nSPS) is 15.1. The van der Waals surface area contributed by atoms with E-state index in [-0.39, 0.29) is 23.8 Å². The molecule has 32 heavy (non-hydrogen) atoms. The summed E-state index contributed by atoms with van der Waals surface area (Å²) in [4.78, 5) is 41.4. The molecule has 8 nitrogen and oxygen atoms in total. The molecule has 1 unspecified atom stereocenters. The molecule has 0 saturated heterocycles. The number of aromatic nitrogens is 1. The first-order valence-electron chi connectivity index (χ1n) is 10.1. The zero-order valence-electron chi connectivity index (χ0n) is 17.4. The van der Waals surface area contributed by atoms with Crippen LogP contribution in [-0.2, 0) is 9.59 Å². The lowest BCUT2D eigenvalue weighted by molar-refractivity contribution is -0.118. The summed E-state index contributed by atoms with van der Waals surface area (Å²) in [6.07, 6.45) is 3.38. The van der Waals surface area contributed by atoms with Crippen molar-refractivity contribution in [1.82, 2.24) is 4.98 Å². The number of hydrogen-bond acceptors (Lipinski definition) is 6. The zero-order valence-corrected chi connectivity index (χ0v) is 17.4. The van der Waals surface area contributed by atoms with Crippen LogP contribution in [0.4, 0.5) is 17.1 Å². The molecule has 0 fully saturated rings. The van der Waals surface area contributed by atoms with Gasteiger partial charge in [-0.1, -0.05) is 24.3 Å². The topological polar surface area (TPSA) is 104 Å². The second-order valence-electron chi connectivity index (χ2n) is 7.28. The number of rotatable bonds is 6. The van der Waals surface area contributed by atoms with Crippen molar-refractivity contribution < 1.29 is 14.4 Å². The zero-order chi connectivity index (χ0) is 22.5. The predicted molar refractivity (Wildman–Crippen MR) is 123 cm³/mol. The minimum Gasteiger partial charge on any atom is -0.322 e. The maximum Gasteiger partial charge on any atom is 0.271 e. The average Bonchev–Trinajstić information content (AvgIpc) is 3.27. The lowest BCUT2D eigenvalue weighted by Gasteiger charge is -2.20. The average molecular weight is 427 g/mol. The Balaban J connectivity index is 1.48. The smallest absolute Gasteiger partial charge is 0.271 e. The largest absolute Gasteiger partial charge is 0.322 e. The van der Waals surface area contributed by atoms with Crippen LogP contribution < -0.4 is 15.6 Å². The highest BCUT2D eigenvalue weighted by Crippen LogP contribution is 2.25. The lowest BCUT2D eigenvalue weighted by atomic mass is 10.1. The fourth-order valence-corrected chi connectivity index (χ4v) is 3.36. The Labute approximate surface area is 185 Å². The summed E-state index contributed by atoms with van der Waals surface area (Å²) in [6.45, 7) is 1.49. The van der Waals surface area contributed by atoms with Crippen molar-refractivity contribution in [3.05, 3.63) is 84.7 Å². The van der Waals surface area contributed by atoms with Gasteiger partial charge >= 0.3 is 0 Å². The van der Waals surface area contributed by atoms with Crippen molar-refractivity contribution in [2.45, 2.75) is 19.4 Å². The van der Waals surface area contributed by atoms with Crippen molar-refractivity contribution in [2.24, 2.45) is 5.10 Å². The molecule has 1 aromatic heterocycles. The Kier molecular flexibility index (Phi) is 6.03. The first-order valence-corrected chi connectivity index (χ1v) is 10.1. The Morgan fingerprint density at radius 2 is 1.59 bits per heavy atom. The standard InChI is InChI=1S/C24H21N5O3/c1-16(30)22-15-21(28-29(22)20-8-3-2-4-9-20)24(32)27-19-7-5-6-17(14-19)23(31)26-18-10-12-25-13-11-18/h2-14,22H,15H2,1H3,(H,27,32)(H,25,26,31). The summed E-state index contributed by atoms with van der Waals surface area (Å²) >= 11 is 0. The van der Waals surface area contributed by atoms with E-state index in [1.165, 1.54) is 6.92 Å². The minimum absolute atomic E-state index is 0.0739. The molecule has 0 bridgehead atoms. The van der Waals surface area contributed by atoms with E-state index in [2.05, 4.69) is 20.7 Å². The number of Topliss-reactive ketones (excluding diaryl/α,β-unsaturated/α-hetero) is 1. The van der Waals surface area contributed by atoms with Crippen molar-refractivity contribution >= 4 is 40.4 Å². The molecule has 1 aliphatic heterocycles. The molecule has 1 aliphatic rings. The number of anilines is 3. The Morgan fingerprint density at radius 3 is 2.31 bits per heavy atom. The van der Waals surface area contributed by atoms with Gasteiger partial charge in [-0.25, -0.2) is 0 Å². The van der Waals surface area contributed by atoms with Crippen LogP contribution in [-0.4, -0.2) is 34.3 Å². The van der Waals surface area contributed by atoms with Crippen molar-refractivity contribution in [2.75, 3.05) is 15.6 Å². The first kappa shape index (κ1) is 20.9. The minimum atomic E-state index is -0.532. The second-order valence-corrected chi connectivity index (χ2v) is 7.28. The highest BCUT2D eigenvalue weighted by atomic mass is 16.2. The summed E-state index contributed by atoms with van der Waals surface area (Å²) in [6, 6.07) is 18.7. The van der Waals surface area contributed by atoms with Crippen LogP contribution in [0.5, 0.6) is 0 Å². The van der Waals surface area contributed by atoms with Crippen molar-refractivity contribution in [1.29, 1.82) is 0 Å². The molecule has 2 amide bonds. The van der Waals surface area contributed by atoms with Gasteiger partial charge < -0.3 is 10.6 Å². The van der Waals surface area contributed by atoms with Gasteiger partial charge in [0.15, 0.2) is 5.78 Å². The van der Waals surface area contributed by atoms with Crippen molar-refractivity contribution in [3.8, 4) is 0 Å². The Hall–Kier alpha value is -4.33. The van der Waals surface area contributed by atoms with Crippen LogP contribution in [0.1, 0.15) is 23.7 Å². The van der Waals surface area contributed by atoms with Gasteiger partial charge in [0.25, 0.3) is 11.8 Å².